The number of nitro benzene ring substituents is 1. The third kappa shape index (κ3) is 3.19. The number of benzene rings is 2. The van der Waals surface area contributed by atoms with Crippen LogP contribution in [0, 0.1) is 10.1 Å². The molecule has 0 radical (unpaired) electrons. The largest absolute Gasteiger partial charge is 0.335 e. The van der Waals surface area contributed by atoms with Gasteiger partial charge in [-0.1, -0.05) is 12.1 Å². The normalized spacial score (nSPS) is 10.7. The number of carbonyl (C=O) groups is 1. The number of hydrogen-bond donors (Lipinski definition) is 0. The van der Waals surface area contributed by atoms with Crippen LogP contribution in [0.3, 0.4) is 0 Å². The molecule has 2 aromatic carbocycles. The number of carbonyl (C=O) groups excluding carboxylic acids is 1. The van der Waals surface area contributed by atoms with Gasteiger partial charge in [-0.2, -0.15) is 0 Å². The summed E-state index contributed by atoms with van der Waals surface area (Å²) in [6.07, 6.45) is 0. The maximum absolute atomic E-state index is 12.4. The van der Waals surface area contributed by atoms with Crippen molar-refractivity contribution in [2.45, 2.75) is 6.54 Å². The van der Waals surface area contributed by atoms with Gasteiger partial charge in [0, 0.05) is 24.7 Å². The Bertz CT molecular complexity index is 841. The Kier molecular flexibility index (Phi) is 4.03. The summed E-state index contributed by atoms with van der Waals surface area (Å²) in [6, 6.07) is 13.4. The van der Waals surface area contributed by atoms with Crippen molar-refractivity contribution < 1.29 is 9.72 Å². The lowest BCUT2D eigenvalue weighted by molar-refractivity contribution is -0.384. The zero-order chi connectivity index (χ0) is 16.4. The predicted molar refractivity (Wildman–Crippen MR) is 88.5 cm³/mol. The Labute approximate surface area is 136 Å². The number of amides is 1. The van der Waals surface area contributed by atoms with E-state index in [1.54, 1.807) is 23.3 Å². The summed E-state index contributed by atoms with van der Waals surface area (Å²) in [5, 5.41) is 11.5. The van der Waals surface area contributed by atoms with Crippen molar-refractivity contribution in [2.24, 2.45) is 0 Å². The van der Waals surface area contributed by atoms with E-state index in [0.717, 1.165) is 15.2 Å². The molecule has 0 aliphatic carbocycles. The van der Waals surface area contributed by atoms with Crippen LogP contribution in [0.25, 0.3) is 10.2 Å². The lowest BCUT2D eigenvalue weighted by Gasteiger charge is -2.15. The molecular formula is C16H13N3O3S. The first-order chi connectivity index (χ1) is 11.0. The smallest absolute Gasteiger partial charge is 0.269 e. The molecule has 0 spiro atoms. The van der Waals surface area contributed by atoms with E-state index >= 15 is 0 Å². The molecule has 7 heteroatoms. The number of nitrogens with zero attached hydrogens (tertiary/aromatic N) is 3. The molecule has 116 valence electrons. The third-order valence-corrected chi connectivity index (χ3v) is 4.40. The molecule has 0 unspecified atom stereocenters. The quantitative estimate of drug-likeness (QED) is 0.543. The number of non-ortho nitro benzene ring substituents is 1. The molecular weight excluding hydrogens is 314 g/mol. The minimum Gasteiger partial charge on any atom is -0.335 e. The van der Waals surface area contributed by atoms with Crippen molar-refractivity contribution >= 4 is 33.1 Å². The molecule has 0 fully saturated rings. The zero-order valence-electron chi connectivity index (χ0n) is 12.3. The molecule has 0 aliphatic rings. The van der Waals surface area contributed by atoms with E-state index in [2.05, 4.69) is 4.98 Å². The average Bonchev–Trinajstić information content (AvgIpc) is 2.96. The molecule has 0 bridgehead atoms. The van der Waals surface area contributed by atoms with Crippen LogP contribution in [0.15, 0.2) is 48.5 Å². The highest BCUT2D eigenvalue weighted by molar-refractivity contribution is 7.18. The first-order valence-electron chi connectivity index (χ1n) is 6.89. The summed E-state index contributed by atoms with van der Waals surface area (Å²) in [4.78, 5) is 28.6. The van der Waals surface area contributed by atoms with Gasteiger partial charge in [0.15, 0.2) is 0 Å². The monoisotopic (exact) mass is 327 g/mol. The van der Waals surface area contributed by atoms with Crippen LogP contribution in [0.4, 0.5) is 5.69 Å². The van der Waals surface area contributed by atoms with Crippen LogP contribution in [-0.2, 0) is 6.54 Å². The van der Waals surface area contributed by atoms with Gasteiger partial charge in [-0.15, -0.1) is 11.3 Å². The van der Waals surface area contributed by atoms with Gasteiger partial charge in [0.1, 0.15) is 5.01 Å². The first-order valence-corrected chi connectivity index (χ1v) is 7.70. The average molecular weight is 327 g/mol. The van der Waals surface area contributed by atoms with E-state index in [-0.39, 0.29) is 11.6 Å². The van der Waals surface area contributed by atoms with Gasteiger partial charge < -0.3 is 4.90 Å². The summed E-state index contributed by atoms with van der Waals surface area (Å²) < 4.78 is 1.08. The third-order valence-electron chi connectivity index (χ3n) is 3.38. The molecule has 0 atom stereocenters. The summed E-state index contributed by atoms with van der Waals surface area (Å²) in [5.74, 6) is -0.195. The summed E-state index contributed by atoms with van der Waals surface area (Å²) in [7, 11) is 1.69. The minimum absolute atomic E-state index is 0.0321. The summed E-state index contributed by atoms with van der Waals surface area (Å²) >= 11 is 1.55. The maximum Gasteiger partial charge on any atom is 0.269 e. The second-order valence-corrected chi connectivity index (χ2v) is 6.16. The van der Waals surface area contributed by atoms with Crippen LogP contribution in [-0.4, -0.2) is 27.8 Å². The topological polar surface area (TPSA) is 76.3 Å². The van der Waals surface area contributed by atoms with E-state index in [0.29, 0.717) is 12.1 Å². The van der Waals surface area contributed by atoms with Crippen molar-refractivity contribution in [3.05, 3.63) is 69.2 Å². The second kappa shape index (κ2) is 6.13. The Morgan fingerprint density at radius 2 is 1.91 bits per heavy atom. The highest BCUT2D eigenvalue weighted by Crippen LogP contribution is 2.23. The van der Waals surface area contributed by atoms with Crippen molar-refractivity contribution in [2.75, 3.05) is 7.05 Å². The van der Waals surface area contributed by atoms with Gasteiger partial charge in [0.2, 0.25) is 0 Å². The fraction of sp³-hybridized carbons (Fsp3) is 0.125. The van der Waals surface area contributed by atoms with Crippen molar-refractivity contribution in [1.82, 2.24) is 9.88 Å². The van der Waals surface area contributed by atoms with Gasteiger partial charge in [-0.25, -0.2) is 4.98 Å². The standard InChI is InChI=1S/C16H13N3O3S/c1-18(10-15-17-13-4-2-3-5-14(13)23-15)16(20)11-6-8-12(9-7-11)19(21)22/h2-9H,10H2,1H3. The molecule has 0 N–H and O–H groups in total. The van der Waals surface area contributed by atoms with Crippen LogP contribution >= 0.6 is 11.3 Å². The molecule has 3 rings (SSSR count). The number of thiazole rings is 1. The van der Waals surface area contributed by atoms with Crippen LogP contribution in [0.1, 0.15) is 15.4 Å². The number of nitro groups is 1. The first kappa shape index (κ1) is 15.1. The Morgan fingerprint density at radius 3 is 2.57 bits per heavy atom. The molecule has 6 nitrogen and oxygen atoms in total. The SMILES string of the molecule is CN(Cc1nc2ccccc2s1)C(=O)c1ccc([N+](=O)[O-])cc1. The number of fused-ring (bicyclic) bond motifs is 1. The molecule has 0 saturated heterocycles. The highest BCUT2D eigenvalue weighted by atomic mass is 32.1. The van der Waals surface area contributed by atoms with Gasteiger partial charge in [0.05, 0.1) is 21.7 Å². The fourth-order valence-electron chi connectivity index (χ4n) is 2.21. The minimum atomic E-state index is -0.487. The van der Waals surface area contributed by atoms with Gasteiger partial charge in [-0.3, -0.25) is 14.9 Å². The van der Waals surface area contributed by atoms with E-state index in [9.17, 15) is 14.9 Å². The Morgan fingerprint density at radius 1 is 1.22 bits per heavy atom. The second-order valence-electron chi connectivity index (χ2n) is 5.04. The lowest BCUT2D eigenvalue weighted by atomic mass is 10.2. The molecule has 3 aromatic rings. The van der Waals surface area contributed by atoms with Crippen LogP contribution < -0.4 is 0 Å². The Balaban J connectivity index is 1.75. The molecule has 0 saturated carbocycles. The van der Waals surface area contributed by atoms with Gasteiger partial charge >= 0.3 is 0 Å². The number of para-hydroxylation sites is 1. The zero-order valence-corrected chi connectivity index (χ0v) is 13.1. The fourth-order valence-corrected chi connectivity index (χ4v) is 3.23. The van der Waals surface area contributed by atoms with Gasteiger partial charge in [0.25, 0.3) is 11.6 Å². The highest BCUT2D eigenvalue weighted by Gasteiger charge is 2.15. The van der Waals surface area contributed by atoms with E-state index < -0.39 is 4.92 Å². The molecule has 0 aliphatic heterocycles. The van der Waals surface area contributed by atoms with Crippen molar-refractivity contribution in [1.29, 1.82) is 0 Å². The van der Waals surface area contributed by atoms with E-state index in [4.69, 9.17) is 0 Å². The molecule has 1 heterocycles. The van der Waals surface area contributed by atoms with E-state index in [1.807, 2.05) is 24.3 Å². The Hall–Kier alpha value is -2.80. The summed E-state index contributed by atoms with van der Waals surface area (Å²) in [6.45, 7) is 0.398. The maximum atomic E-state index is 12.4. The number of hydrogen-bond acceptors (Lipinski definition) is 5. The van der Waals surface area contributed by atoms with Crippen molar-refractivity contribution in [3.8, 4) is 0 Å². The van der Waals surface area contributed by atoms with E-state index in [1.165, 1.54) is 24.3 Å². The molecule has 23 heavy (non-hydrogen) atoms. The van der Waals surface area contributed by atoms with Crippen LogP contribution in [0.2, 0.25) is 0 Å². The van der Waals surface area contributed by atoms with Crippen LogP contribution in [0.5, 0.6) is 0 Å². The molecule has 1 aromatic heterocycles. The molecule has 1 amide bonds. The summed E-state index contributed by atoms with van der Waals surface area (Å²) in [5.41, 5.74) is 1.30. The lowest BCUT2D eigenvalue weighted by Crippen LogP contribution is -2.26. The number of aromatic nitrogens is 1. The predicted octanol–water partition coefficient (Wildman–Crippen LogP) is 3.48. The van der Waals surface area contributed by atoms with Crippen molar-refractivity contribution in [3.63, 3.8) is 0 Å². The van der Waals surface area contributed by atoms with Gasteiger partial charge in [-0.05, 0) is 24.3 Å². The number of rotatable bonds is 4.